The Bertz CT molecular complexity index is 1520. The van der Waals surface area contributed by atoms with Crippen LogP contribution in [0.2, 0.25) is 0 Å². The van der Waals surface area contributed by atoms with Gasteiger partial charge in [-0.3, -0.25) is 28.8 Å². The zero-order chi connectivity index (χ0) is 38.7. The molecule has 6 atom stereocenters. The SMILES string of the molecule is CCC[C@H](NC(=O)C1[C@H]2NCC[C@H]2CN1C(=O)[C@@H](NC(=O)[C@@H](NC(=O)c1cc(OC(C)(C)C)no1)C1CCCCC1)C(C)(C)C)C(=O)C(=O)NC1CC1. The van der Waals surface area contributed by atoms with Crippen LogP contribution in [0.15, 0.2) is 10.6 Å². The van der Waals surface area contributed by atoms with Crippen LogP contribution in [0.3, 0.4) is 0 Å². The van der Waals surface area contributed by atoms with E-state index in [0.29, 0.717) is 19.5 Å². The Morgan fingerprint density at radius 3 is 2.28 bits per heavy atom. The maximum Gasteiger partial charge on any atom is 0.290 e. The number of ether oxygens (including phenoxy) is 1. The van der Waals surface area contributed by atoms with Gasteiger partial charge >= 0.3 is 0 Å². The molecule has 1 aromatic heterocycles. The smallest absolute Gasteiger partial charge is 0.290 e. The van der Waals surface area contributed by atoms with E-state index in [9.17, 15) is 28.8 Å². The van der Waals surface area contributed by atoms with Gasteiger partial charge in [-0.15, -0.1) is 0 Å². The lowest BCUT2D eigenvalue weighted by molar-refractivity contribution is -0.145. The predicted octanol–water partition coefficient (Wildman–Crippen LogP) is 2.38. The van der Waals surface area contributed by atoms with Crippen LogP contribution in [-0.2, 0) is 24.0 Å². The van der Waals surface area contributed by atoms with Crippen molar-refractivity contribution in [1.82, 2.24) is 36.6 Å². The molecule has 15 heteroatoms. The third-order valence-corrected chi connectivity index (χ3v) is 10.6. The van der Waals surface area contributed by atoms with E-state index in [2.05, 4.69) is 31.7 Å². The number of fused-ring (bicyclic) bond motifs is 1. The highest BCUT2D eigenvalue weighted by atomic mass is 16.6. The van der Waals surface area contributed by atoms with Crippen LogP contribution in [-0.4, -0.2) is 100 Å². The lowest BCUT2D eigenvalue weighted by Gasteiger charge is -2.38. The summed E-state index contributed by atoms with van der Waals surface area (Å²) in [6, 6.07) is -2.96. The highest BCUT2D eigenvalue weighted by Gasteiger charge is 2.52. The molecule has 15 nitrogen and oxygen atoms in total. The number of likely N-dealkylation sites (tertiary alicyclic amines) is 1. The molecule has 2 aliphatic carbocycles. The zero-order valence-corrected chi connectivity index (χ0v) is 32.3. The number of ketones is 1. The van der Waals surface area contributed by atoms with Crippen LogP contribution in [0.5, 0.6) is 5.88 Å². The van der Waals surface area contributed by atoms with Gasteiger partial charge in [0.15, 0.2) is 0 Å². The van der Waals surface area contributed by atoms with E-state index in [4.69, 9.17) is 9.26 Å². The minimum atomic E-state index is -1.05. The Morgan fingerprint density at radius 1 is 0.962 bits per heavy atom. The van der Waals surface area contributed by atoms with Gasteiger partial charge in [0.2, 0.25) is 29.3 Å². The molecule has 2 saturated heterocycles. The summed E-state index contributed by atoms with van der Waals surface area (Å²) in [5, 5.41) is 18.6. The Balaban J connectivity index is 1.35. The first-order valence-electron chi connectivity index (χ1n) is 19.4. The van der Waals surface area contributed by atoms with Gasteiger partial charge in [-0.2, -0.15) is 0 Å². The molecule has 5 N–H and O–H groups in total. The largest absolute Gasteiger partial charge is 0.470 e. The maximum atomic E-state index is 14.7. The number of nitrogens with zero attached hydrogens (tertiary/aromatic N) is 2. The van der Waals surface area contributed by atoms with E-state index < -0.39 is 70.5 Å². The standard InChI is InChI=1S/C38H59N7O8/c1-8-12-24(30(46)35(50)40-23-15-16-23)41-34(49)29-27-22(17-18-39-27)20-45(29)36(51)31(37(2,3)4)43-33(48)28(21-13-10-9-11-14-21)42-32(47)25-19-26(44-53-25)52-38(5,6)7/h19,21-24,27-29,31,39H,8-18,20H2,1-7H3,(H,40,50)(H,41,49)(H,42,47)(H,43,48)/t22-,24-,27-,28-,29?,31+/m0/s1. The second-order valence-electron chi connectivity index (χ2n) is 17.3. The molecule has 0 aromatic carbocycles. The summed E-state index contributed by atoms with van der Waals surface area (Å²) in [5.74, 6) is -3.60. The van der Waals surface area contributed by atoms with Crippen molar-refractivity contribution in [1.29, 1.82) is 0 Å². The van der Waals surface area contributed by atoms with Gasteiger partial charge in [0, 0.05) is 18.6 Å². The number of carbonyl (C=O) groups is 6. The molecule has 1 unspecified atom stereocenters. The van der Waals surface area contributed by atoms with Gasteiger partial charge in [0.05, 0.1) is 12.1 Å². The summed E-state index contributed by atoms with van der Waals surface area (Å²) in [6.45, 7) is 13.9. The summed E-state index contributed by atoms with van der Waals surface area (Å²) < 4.78 is 11.0. The van der Waals surface area contributed by atoms with Crippen molar-refractivity contribution in [3.8, 4) is 5.88 Å². The number of amides is 5. The van der Waals surface area contributed by atoms with Crippen LogP contribution >= 0.6 is 0 Å². The van der Waals surface area contributed by atoms with Gasteiger partial charge in [0.25, 0.3) is 17.7 Å². The number of Topliss-reactive ketones (excluding diaryl/α,β-unsaturated/α-hetero) is 1. The van der Waals surface area contributed by atoms with Gasteiger partial charge in [0.1, 0.15) is 23.7 Å². The molecular formula is C38H59N7O8. The Morgan fingerprint density at radius 2 is 1.66 bits per heavy atom. The molecule has 5 rings (SSSR count). The third kappa shape index (κ3) is 10.2. The van der Waals surface area contributed by atoms with Gasteiger partial charge in [-0.1, -0.05) is 53.4 Å². The second kappa shape index (κ2) is 16.6. The molecule has 4 fully saturated rings. The van der Waals surface area contributed by atoms with Crippen molar-refractivity contribution < 1.29 is 38.0 Å². The number of hydrogen-bond donors (Lipinski definition) is 5. The minimum absolute atomic E-state index is 0.00516. The van der Waals surface area contributed by atoms with Gasteiger partial charge < -0.3 is 40.7 Å². The molecule has 0 spiro atoms. The average Bonchev–Trinajstić information content (AvgIpc) is 3.42. The molecule has 5 amide bonds. The number of rotatable bonds is 14. The fourth-order valence-corrected chi connectivity index (χ4v) is 7.76. The topological polar surface area (TPSA) is 201 Å². The van der Waals surface area contributed by atoms with Crippen molar-refractivity contribution in [3.63, 3.8) is 0 Å². The molecule has 3 heterocycles. The molecule has 1 aromatic rings. The molecule has 53 heavy (non-hydrogen) atoms. The Hall–Kier alpha value is -4.01. The maximum absolute atomic E-state index is 14.7. The quantitative estimate of drug-likeness (QED) is 0.176. The molecule has 2 aliphatic heterocycles. The van der Waals surface area contributed by atoms with Gasteiger partial charge in [-0.05, 0) is 88.2 Å². The van der Waals surface area contributed by atoms with Crippen LogP contribution < -0.4 is 31.3 Å². The van der Waals surface area contributed by atoms with E-state index in [-0.39, 0.29) is 42.0 Å². The van der Waals surface area contributed by atoms with Crippen LogP contribution in [0, 0.1) is 17.3 Å². The van der Waals surface area contributed by atoms with E-state index in [0.717, 1.165) is 51.4 Å². The fourth-order valence-electron chi connectivity index (χ4n) is 7.76. The number of aromatic nitrogens is 1. The van der Waals surface area contributed by atoms with Crippen molar-refractivity contribution in [3.05, 3.63) is 11.8 Å². The van der Waals surface area contributed by atoms with Crippen molar-refractivity contribution in [2.24, 2.45) is 17.3 Å². The average molecular weight is 742 g/mol. The number of hydrogen-bond acceptors (Lipinski definition) is 10. The first kappa shape index (κ1) is 40.2. The molecular weight excluding hydrogens is 682 g/mol. The van der Waals surface area contributed by atoms with Crippen LogP contribution in [0.1, 0.15) is 123 Å². The highest BCUT2D eigenvalue weighted by Crippen LogP contribution is 2.34. The number of nitrogens with one attached hydrogen (secondary N) is 5. The molecule has 294 valence electrons. The van der Waals surface area contributed by atoms with Crippen LogP contribution in [0.4, 0.5) is 0 Å². The van der Waals surface area contributed by atoms with E-state index in [1.165, 1.54) is 11.0 Å². The van der Waals surface area contributed by atoms with Crippen molar-refractivity contribution in [2.45, 2.75) is 155 Å². The lowest BCUT2D eigenvalue weighted by Crippen LogP contribution is -2.63. The Kier molecular flexibility index (Phi) is 12.6. The fraction of sp³-hybridized carbons (Fsp3) is 0.763. The Labute approximate surface area is 312 Å². The summed E-state index contributed by atoms with van der Waals surface area (Å²) in [6.07, 6.45) is 7.53. The van der Waals surface area contributed by atoms with Crippen LogP contribution in [0.25, 0.3) is 0 Å². The number of carbonyl (C=O) groups excluding carboxylic acids is 6. The summed E-state index contributed by atoms with van der Waals surface area (Å²) in [7, 11) is 0. The van der Waals surface area contributed by atoms with Crippen molar-refractivity contribution >= 4 is 35.3 Å². The third-order valence-electron chi connectivity index (χ3n) is 10.6. The second-order valence-corrected chi connectivity index (χ2v) is 17.3. The normalized spacial score (nSPS) is 23.7. The zero-order valence-electron chi connectivity index (χ0n) is 32.3. The minimum Gasteiger partial charge on any atom is -0.470 e. The monoisotopic (exact) mass is 741 g/mol. The summed E-state index contributed by atoms with van der Waals surface area (Å²) in [4.78, 5) is 83.9. The first-order valence-corrected chi connectivity index (χ1v) is 19.4. The highest BCUT2D eigenvalue weighted by molar-refractivity contribution is 6.38. The predicted molar refractivity (Wildman–Crippen MR) is 195 cm³/mol. The first-order chi connectivity index (χ1) is 25.0. The molecule has 2 saturated carbocycles. The summed E-state index contributed by atoms with van der Waals surface area (Å²) in [5.41, 5.74) is -1.35. The lowest BCUT2D eigenvalue weighted by atomic mass is 9.82. The van der Waals surface area contributed by atoms with E-state index >= 15 is 0 Å². The van der Waals surface area contributed by atoms with Crippen molar-refractivity contribution in [2.75, 3.05) is 13.1 Å². The van der Waals surface area contributed by atoms with E-state index in [1.54, 1.807) is 0 Å². The molecule has 0 radical (unpaired) electrons. The van der Waals surface area contributed by atoms with Gasteiger partial charge in [-0.25, -0.2) is 0 Å². The summed E-state index contributed by atoms with van der Waals surface area (Å²) >= 11 is 0. The molecule has 4 aliphatic rings. The van der Waals surface area contributed by atoms with E-state index in [1.807, 2.05) is 48.5 Å². The molecule has 0 bridgehead atoms.